The highest BCUT2D eigenvalue weighted by atomic mass is 17.2. The van der Waals surface area contributed by atoms with Crippen LogP contribution < -0.4 is 0 Å². The van der Waals surface area contributed by atoms with Crippen LogP contribution in [0.25, 0.3) is 0 Å². The van der Waals surface area contributed by atoms with E-state index < -0.39 is 0 Å². The molecule has 5 fully saturated rings. The molecule has 0 aromatic carbocycles. The summed E-state index contributed by atoms with van der Waals surface area (Å²) in [7, 11) is 0. The van der Waals surface area contributed by atoms with Gasteiger partial charge in [0.2, 0.25) is 0 Å². The molecule has 0 aromatic heterocycles. The fourth-order valence-corrected chi connectivity index (χ4v) is 5.85. The molecule has 0 radical (unpaired) electrons. The minimum absolute atomic E-state index is 0.109. The smallest absolute Gasteiger partial charge is 0.136 e. The highest BCUT2D eigenvalue weighted by molar-refractivity contribution is 5.30. The summed E-state index contributed by atoms with van der Waals surface area (Å²) in [6.45, 7) is 0.833. The molecule has 3 nitrogen and oxygen atoms in total. The third-order valence-corrected chi connectivity index (χ3v) is 6.39. The van der Waals surface area contributed by atoms with Gasteiger partial charge in [-0.3, -0.25) is 0 Å². The molecular formula is C16H22O3. The van der Waals surface area contributed by atoms with Gasteiger partial charge in [-0.15, -0.1) is 0 Å². The van der Waals surface area contributed by atoms with E-state index in [0.29, 0.717) is 11.8 Å². The summed E-state index contributed by atoms with van der Waals surface area (Å²) < 4.78 is 5.72. The van der Waals surface area contributed by atoms with E-state index in [0.717, 1.165) is 31.3 Å². The average molecular weight is 262 g/mol. The lowest BCUT2D eigenvalue weighted by Crippen LogP contribution is -2.58. The standard InChI is InChI=1S/C16H22O3/c1-2-15-14(9-17-3-1)16(19-18-15)12-5-10-4-11(7-12)8-13(16)6-10/h9-13,15H,1-8H2. The zero-order chi connectivity index (χ0) is 12.4. The second-order valence-electron chi connectivity index (χ2n) is 7.35. The van der Waals surface area contributed by atoms with Crippen LogP contribution in [0.5, 0.6) is 0 Å². The van der Waals surface area contributed by atoms with E-state index in [4.69, 9.17) is 14.5 Å². The zero-order valence-corrected chi connectivity index (χ0v) is 11.3. The summed E-state index contributed by atoms with van der Waals surface area (Å²) in [5, 5.41) is 0. The van der Waals surface area contributed by atoms with Crippen LogP contribution in [0, 0.1) is 23.7 Å². The number of hydrogen-bond donors (Lipinski definition) is 0. The lowest BCUT2D eigenvalue weighted by Gasteiger charge is -2.58. The Morgan fingerprint density at radius 2 is 1.74 bits per heavy atom. The van der Waals surface area contributed by atoms with Gasteiger partial charge in [-0.05, 0) is 68.6 Å². The third-order valence-electron chi connectivity index (χ3n) is 6.39. The van der Waals surface area contributed by atoms with Crippen molar-refractivity contribution in [2.24, 2.45) is 23.7 Å². The van der Waals surface area contributed by atoms with Crippen molar-refractivity contribution >= 4 is 0 Å². The topological polar surface area (TPSA) is 27.7 Å². The van der Waals surface area contributed by atoms with Crippen molar-refractivity contribution in [2.45, 2.75) is 56.7 Å². The molecule has 6 aliphatic rings. The van der Waals surface area contributed by atoms with Crippen LogP contribution >= 0.6 is 0 Å². The summed E-state index contributed by atoms with van der Waals surface area (Å²) in [6.07, 6.45) is 11.2. The first-order valence-corrected chi connectivity index (χ1v) is 8.03. The van der Waals surface area contributed by atoms with Crippen LogP contribution in [0.3, 0.4) is 0 Å². The Morgan fingerprint density at radius 3 is 2.47 bits per heavy atom. The second-order valence-corrected chi connectivity index (χ2v) is 7.35. The van der Waals surface area contributed by atoms with Crippen LogP contribution in [0.1, 0.15) is 44.9 Å². The maximum atomic E-state index is 6.07. The maximum Gasteiger partial charge on any atom is 0.136 e. The molecule has 0 amide bonds. The molecule has 104 valence electrons. The van der Waals surface area contributed by atoms with E-state index in [1.54, 1.807) is 0 Å². The molecule has 0 aromatic rings. The predicted octanol–water partition coefficient (Wildman–Crippen LogP) is 3.21. The van der Waals surface area contributed by atoms with Gasteiger partial charge in [0.25, 0.3) is 0 Å². The number of rotatable bonds is 0. The van der Waals surface area contributed by atoms with Gasteiger partial charge < -0.3 is 4.74 Å². The van der Waals surface area contributed by atoms with Crippen LogP contribution in [0.4, 0.5) is 0 Å². The Balaban J connectivity index is 1.58. The molecule has 3 heteroatoms. The van der Waals surface area contributed by atoms with E-state index in [1.807, 2.05) is 6.26 Å². The van der Waals surface area contributed by atoms with Crippen LogP contribution in [-0.4, -0.2) is 18.3 Å². The number of ether oxygens (including phenoxy) is 1. The molecule has 6 rings (SSSR count). The minimum Gasteiger partial charge on any atom is -0.501 e. The maximum absolute atomic E-state index is 6.07. The van der Waals surface area contributed by atoms with Crippen LogP contribution in [0.15, 0.2) is 11.8 Å². The Labute approximate surface area is 114 Å². The van der Waals surface area contributed by atoms with Crippen molar-refractivity contribution in [1.29, 1.82) is 0 Å². The molecule has 1 unspecified atom stereocenters. The molecule has 2 aliphatic heterocycles. The van der Waals surface area contributed by atoms with Gasteiger partial charge in [-0.2, -0.15) is 0 Å². The summed E-state index contributed by atoms with van der Waals surface area (Å²) in [5.74, 6) is 3.29. The second kappa shape index (κ2) is 3.76. The molecule has 19 heavy (non-hydrogen) atoms. The van der Waals surface area contributed by atoms with Crippen LogP contribution in [-0.2, 0) is 14.5 Å². The van der Waals surface area contributed by atoms with E-state index >= 15 is 0 Å². The van der Waals surface area contributed by atoms with Crippen molar-refractivity contribution in [1.82, 2.24) is 0 Å². The van der Waals surface area contributed by atoms with Crippen LogP contribution in [0.2, 0.25) is 0 Å². The summed E-state index contributed by atoms with van der Waals surface area (Å²) in [6, 6.07) is 0. The average Bonchev–Trinajstić information content (AvgIpc) is 2.60. The Hall–Kier alpha value is -0.540. The van der Waals surface area contributed by atoms with E-state index in [2.05, 4.69) is 0 Å². The Kier molecular flexibility index (Phi) is 2.21. The molecule has 4 aliphatic carbocycles. The van der Waals surface area contributed by atoms with Gasteiger partial charge >= 0.3 is 0 Å². The quantitative estimate of drug-likeness (QED) is 0.627. The first-order valence-electron chi connectivity index (χ1n) is 8.03. The lowest BCUT2D eigenvalue weighted by molar-refractivity contribution is -0.364. The first-order chi connectivity index (χ1) is 9.36. The van der Waals surface area contributed by atoms with Crippen molar-refractivity contribution in [2.75, 3.05) is 6.61 Å². The highest BCUT2D eigenvalue weighted by Gasteiger charge is 2.64. The summed E-state index contributed by atoms with van der Waals surface area (Å²) in [4.78, 5) is 11.8. The van der Waals surface area contributed by atoms with Gasteiger partial charge in [0, 0.05) is 5.57 Å². The van der Waals surface area contributed by atoms with Gasteiger partial charge in [-0.1, -0.05) is 0 Å². The van der Waals surface area contributed by atoms with Crippen molar-refractivity contribution < 1.29 is 14.5 Å². The van der Waals surface area contributed by atoms with Gasteiger partial charge in [0.1, 0.15) is 11.7 Å². The molecule has 1 spiro atoms. The first kappa shape index (κ1) is 11.2. The molecule has 1 saturated heterocycles. The normalized spacial score (nSPS) is 54.7. The van der Waals surface area contributed by atoms with Gasteiger partial charge in [-0.25, -0.2) is 9.78 Å². The lowest BCUT2D eigenvalue weighted by atomic mass is 9.48. The Bertz CT molecular complexity index is 400. The largest absolute Gasteiger partial charge is 0.501 e. The van der Waals surface area contributed by atoms with E-state index in [-0.39, 0.29) is 11.7 Å². The number of fused-ring (bicyclic) bond motifs is 1. The van der Waals surface area contributed by atoms with Crippen molar-refractivity contribution in [3.63, 3.8) is 0 Å². The van der Waals surface area contributed by atoms with E-state index in [1.165, 1.54) is 37.7 Å². The molecule has 4 saturated carbocycles. The summed E-state index contributed by atoms with van der Waals surface area (Å²) >= 11 is 0. The molecule has 1 atom stereocenters. The third kappa shape index (κ3) is 1.36. The minimum atomic E-state index is -0.109. The predicted molar refractivity (Wildman–Crippen MR) is 69.0 cm³/mol. The highest BCUT2D eigenvalue weighted by Crippen LogP contribution is 2.64. The number of hydrogen-bond acceptors (Lipinski definition) is 3. The molecule has 0 N–H and O–H groups in total. The molecule has 4 bridgehead atoms. The van der Waals surface area contributed by atoms with Crippen molar-refractivity contribution in [3.8, 4) is 0 Å². The van der Waals surface area contributed by atoms with E-state index in [9.17, 15) is 0 Å². The fourth-order valence-electron chi connectivity index (χ4n) is 5.85. The van der Waals surface area contributed by atoms with Gasteiger partial charge in [0.15, 0.2) is 0 Å². The molecular weight excluding hydrogens is 240 g/mol. The fraction of sp³-hybridized carbons (Fsp3) is 0.875. The monoisotopic (exact) mass is 262 g/mol. The molecule has 2 heterocycles. The summed E-state index contributed by atoms with van der Waals surface area (Å²) in [5.41, 5.74) is 1.24. The zero-order valence-electron chi connectivity index (χ0n) is 11.3. The Morgan fingerprint density at radius 1 is 1.00 bits per heavy atom. The van der Waals surface area contributed by atoms with Crippen molar-refractivity contribution in [3.05, 3.63) is 11.8 Å². The SMILES string of the molecule is C1=C2C(CCCO1)OOC21C2CC3CC(C2)CC1C3. The van der Waals surface area contributed by atoms with Gasteiger partial charge in [0.05, 0.1) is 12.9 Å².